The van der Waals surface area contributed by atoms with Crippen molar-refractivity contribution >= 4 is 0 Å². The molecule has 0 spiro atoms. The zero-order chi connectivity index (χ0) is 12.5. The lowest BCUT2D eigenvalue weighted by Crippen LogP contribution is -2.32. The molecule has 1 aromatic carbocycles. The molecule has 0 aliphatic carbocycles. The van der Waals surface area contributed by atoms with E-state index in [4.69, 9.17) is 0 Å². The van der Waals surface area contributed by atoms with Crippen LogP contribution < -0.4 is 0 Å². The summed E-state index contributed by atoms with van der Waals surface area (Å²) in [6.45, 7) is 5.25. The molecule has 0 aromatic heterocycles. The Bertz CT molecular complexity index is 372. The smallest absolute Gasteiger partial charge is 0.159 e. The van der Waals surface area contributed by atoms with Crippen molar-refractivity contribution in [2.24, 2.45) is 5.41 Å². The van der Waals surface area contributed by atoms with Crippen LogP contribution in [-0.4, -0.2) is 16.3 Å². The van der Waals surface area contributed by atoms with Gasteiger partial charge in [-0.3, -0.25) is 0 Å². The van der Waals surface area contributed by atoms with Crippen molar-refractivity contribution < 1.29 is 19.0 Å². The van der Waals surface area contributed by atoms with E-state index in [0.717, 1.165) is 12.1 Å². The molecule has 0 bridgehead atoms. The Morgan fingerprint density at radius 3 is 2.06 bits per heavy atom. The van der Waals surface area contributed by atoms with E-state index in [-0.39, 0.29) is 5.56 Å². The molecule has 0 saturated carbocycles. The molecule has 0 amide bonds. The second kappa shape index (κ2) is 4.47. The molecule has 0 fully saturated rings. The van der Waals surface area contributed by atoms with Crippen LogP contribution in [-0.2, 0) is 0 Å². The first-order valence-electron chi connectivity index (χ1n) is 5.04. The van der Waals surface area contributed by atoms with E-state index >= 15 is 0 Å². The topological polar surface area (TPSA) is 40.5 Å². The highest BCUT2D eigenvalue weighted by atomic mass is 19.2. The van der Waals surface area contributed by atoms with E-state index in [1.807, 2.05) is 0 Å². The van der Waals surface area contributed by atoms with Crippen LogP contribution in [0.1, 0.15) is 32.4 Å². The summed E-state index contributed by atoms with van der Waals surface area (Å²) in [5, 5.41) is 19.6. The van der Waals surface area contributed by atoms with Crippen molar-refractivity contribution in [1.82, 2.24) is 0 Å². The molecule has 2 N–H and O–H groups in total. The minimum absolute atomic E-state index is 0.168. The molecule has 1 rings (SSSR count). The SMILES string of the molecule is CC(C)(C)C(O)C(O)c1ccc(F)c(F)c1. The Hall–Kier alpha value is -1.00. The van der Waals surface area contributed by atoms with Crippen molar-refractivity contribution in [3.8, 4) is 0 Å². The van der Waals surface area contributed by atoms with Gasteiger partial charge >= 0.3 is 0 Å². The summed E-state index contributed by atoms with van der Waals surface area (Å²) in [5.74, 6) is -2.00. The lowest BCUT2D eigenvalue weighted by molar-refractivity contribution is -0.0459. The number of aliphatic hydroxyl groups is 2. The normalized spacial score (nSPS) is 15.9. The van der Waals surface area contributed by atoms with E-state index in [0.29, 0.717) is 0 Å². The Balaban J connectivity index is 2.97. The highest BCUT2D eigenvalue weighted by Crippen LogP contribution is 2.30. The lowest BCUT2D eigenvalue weighted by Gasteiger charge is -2.30. The molecule has 90 valence electrons. The van der Waals surface area contributed by atoms with Gasteiger partial charge < -0.3 is 10.2 Å². The van der Waals surface area contributed by atoms with Crippen molar-refractivity contribution in [1.29, 1.82) is 0 Å². The first kappa shape index (κ1) is 13.1. The summed E-state index contributed by atoms with van der Waals surface area (Å²) in [5.41, 5.74) is -0.370. The van der Waals surface area contributed by atoms with Gasteiger partial charge in [0.2, 0.25) is 0 Å². The van der Waals surface area contributed by atoms with Gasteiger partial charge in [-0.05, 0) is 23.1 Å². The summed E-state index contributed by atoms with van der Waals surface area (Å²) >= 11 is 0. The number of benzene rings is 1. The maximum atomic E-state index is 12.9. The van der Waals surface area contributed by atoms with E-state index in [1.165, 1.54) is 6.07 Å². The molecule has 1 aromatic rings. The zero-order valence-electron chi connectivity index (χ0n) is 9.54. The van der Waals surface area contributed by atoms with Crippen molar-refractivity contribution in [2.45, 2.75) is 33.0 Å². The molecule has 2 atom stereocenters. The van der Waals surface area contributed by atoms with Gasteiger partial charge in [0.25, 0.3) is 0 Å². The maximum Gasteiger partial charge on any atom is 0.159 e. The molecule has 0 radical (unpaired) electrons. The second-order valence-corrected chi connectivity index (χ2v) is 4.93. The van der Waals surface area contributed by atoms with Gasteiger partial charge in [-0.25, -0.2) is 8.78 Å². The van der Waals surface area contributed by atoms with Gasteiger partial charge in [0.1, 0.15) is 6.10 Å². The van der Waals surface area contributed by atoms with Crippen molar-refractivity contribution in [3.05, 3.63) is 35.4 Å². The van der Waals surface area contributed by atoms with Crippen LogP contribution >= 0.6 is 0 Å². The van der Waals surface area contributed by atoms with Crippen LogP contribution in [0.5, 0.6) is 0 Å². The van der Waals surface area contributed by atoms with Gasteiger partial charge in [0.15, 0.2) is 11.6 Å². The Kier molecular flexibility index (Phi) is 3.65. The highest BCUT2D eigenvalue weighted by molar-refractivity contribution is 5.21. The largest absolute Gasteiger partial charge is 0.390 e. The molecule has 0 aliphatic heterocycles. The number of hydrogen-bond acceptors (Lipinski definition) is 2. The first-order chi connectivity index (χ1) is 7.23. The Morgan fingerprint density at radius 2 is 1.62 bits per heavy atom. The minimum atomic E-state index is -1.23. The summed E-state index contributed by atoms with van der Waals surface area (Å²) < 4.78 is 25.6. The molecule has 16 heavy (non-hydrogen) atoms. The molecule has 0 heterocycles. The fourth-order valence-electron chi connectivity index (χ4n) is 1.35. The van der Waals surface area contributed by atoms with E-state index < -0.39 is 29.3 Å². The van der Waals surface area contributed by atoms with Crippen LogP contribution in [0, 0.1) is 17.0 Å². The van der Waals surface area contributed by atoms with Crippen LogP contribution in [0.15, 0.2) is 18.2 Å². The van der Waals surface area contributed by atoms with Gasteiger partial charge in [-0.1, -0.05) is 26.8 Å². The third-order valence-corrected chi connectivity index (χ3v) is 2.47. The number of hydrogen-bond donors (Lipinski definition) is 2. The number of rotatable bonds is 2. The van der Waals surface area contributed by atoms with E-state index in [1.54, 1.807) is 20.8 Å². The third-order valence-electron chi connectivity index (χ3n) is 2.47. The fraction of sp³-hybridized carbons (Fsp3) is 0.500. The van der Waals surface area contributed by atoms with Gasteiger partial charge in [0.05, 0.1) is 6.10 Å². The Labute approximate surface area is 93.5 Å². The third kappa shape index (κ3) is 2.77. The average Bonchev–Trinajstić information content (AvgIpc) is 2.18. The molecule has 0 aliphatic rings. The molecule has 4 heteroatoms. The quantitative estimate of drug-likeness (QED) is 0.819. The number of halogens is 2. The van der Waals surface area contributed by atoms with Gasteiger partial charge in [0, 0.05) is 0 Å². The van der Waals surface area contributed by atoms with Gasteiger partial charge in [-0.2, -0.15) is 0 Å². The van der Waals surface area contributed by atoms with Crippen LogP contribution in [0.2, 0.25) is 0 Å². The molecule has 2 nitrogen and oxygen atoms in total. The summed E-state index contributed by atoms with van der Waals surface area (Å²) in [7, 11) is 0. The van der Waals surface area contributed by atoms with E-state index in [9.17, 15) is 19.0 Å². The van der Waals surface area contributed by atoms with Gasteiger partial charge in [-0.15, -0.1) is 0 Å². The summed E-state index contributed by atoms with van der Waals surface area (Å²) in [6.07, 6.45) is -2.27. The van der Waals surface area contributed by atoms with E-state index in [2.05, 4.69) is 0 Å². The molecular formula is C12H16F2O2. The first-order valence-corrected chi connectivity index (χ1v) is 5.04. The standard InChI is InChI=1S/C12H16F2O2/c1-12(2,3)11(16)10(15)7-4-5-8(13)9(14)6-7/h4-6,10-11,15-16H,1-3H3. The summed E-state index contributed by atoms with van der Waals surface area (Å²) in [4.78, 5) is 0. The predicted octanol–water partition coefficient (Wildman–Crippen LogP) is 2.41. The lowest BCUT2D eigenvalue weighted by atomic mass is 9.83. The zero-order valence-corrected chi connectivity index (χ0v) is 9.54. The van der Waals surface area contributed by atoms with Crippen LogP contribution in [0.4, 0.5) is 8.78 Å². The fourth-order valence-corrected chi connectivity index (χ4v) is 1.35. The van der Waals surface area contributed by atoms with Crippen LogP contribution in [0.25, 0.3) is 0 Å². The summed E-state index contributed by atoms with van der Waals surface area (Å²) in [6, 6.07) is 3.09. The monoisotopic (exact) mass is 230 g/mol. The highest BCUT2D eigenvalue weighted by Gasteiger charge is 2.30. The molecule has 2 unspecified atom stereocenters. The average molecular weight is 230 g/mol. The van der Waals surface area contributed by atoms with Crippen molar-refractivity contribution in [2.75, 3.05) is 0 Å². The second-order valence-electron chi connectivity index (χ2n) is 4.93. The van der Waals surface area contributed by atoms with Crippen molar-refractivity contribution in [3.63, 3.8) is 0 Å². The number of aliphatic hydroxyl groups excluding tert-OH is 2. The molecular weight excluding hydrogens is 214 g/mol. The minimum Gasteiger partial charge on any atom is -0.390 e. The van der Waals surface area contributed by atoms with Crippen LogP contribution in [0.3, 0.4) is 0 Å². The molecule has 0 saturated heterocycles. The predicted molar refractivity (Wildman–Crippen MR) is 56.8 cm³/mol. The Morgan fingerprint density at radius 1 is 1.06 bits per heavy atom. The maximum absolute atomic E-state index is 12.9.